The van der Waals surface area contributed by atoms with Crippen molar-refractivity contribution in [3.05, 3.63) is 24.5 Å². The minimum absolute atomic E-state index is 0.417. The highest BCUT2D eigenvalue weighted by atomic mass is 16.5. The lowest BCUT2D eigenvalue weighted by molar-refractivity contribution is 0.277. The van der Waals surface area contributed by atoms with E-state index in [2.05, 4.69) is 17.8 Å². The second-order valence-corrected chi connectivity index (χ2v) is 3.02. The molecular weight excluding hydrogens is 214 g/mol. The number of aromatic nitrogens is 1. The van der Waals surface area contributed by atoms with Crippen molar-refractivity contribution in [2.24, 2.45) is 5.92 Å². The standard InChI is InChI=1S/C6H7NO.C4H8O.C2H6.C2H2/c1-8-6-3-2-4-7-5-6;5-3-4-1-2-4;2*1-2/h2-5H,1H3;4-5H,1-3H2;1-2H3;1-2H. The zero-order chi connectivity index (χ0) is 13.5. The highest BCUT2D eigenvalue weighted by Gasteiger charge is 2.18. The van der Waals surface area contributed by atoms with Crippen LogP contribution in [0.3, 0.4) is 0 Å². The molecule has 1 heterocycles. The Labute approximate surface area is 105 Å². The molecule has 0 radical (unpaired) electrons. The predicted octanol–water partition coefficient (Wildman–Crippen LogP) is 2.75. The first-order chi connectivity index (χ1) is 8.36. The summed E-state index contributed by atoms with van der Waals surface area (Å²) in [5, 5.41) is 8.21. The average molecular weight is 237 g/mol. The van der Waals surface area contributed by atoms with E-state index in [-0.39, 0.29) is 0 Å². The van der Waals surface area contributed by atoms with Crippen molar-refractivity contribution in [3.8, 4) is 18.6 Å². The molecule has 0 atom stereocenters. The van der Waals surface area contributed by atoms with Gasteiger partial charge in [0.1, 0.15) is 5.75 Å². The zero-order valence-corrected chi connectivity index (χ0v) is 11.0. The summed E-state index contributed by atoms with van der Waals surface area (Å²) >= 11 is 0. The minimum atomic E-state index is 0.417. The molecule has 1 aromatic heterocycles. The smallest absolute Gasteiger partial charge is 0.137 e. The fourth-order valence-electron chi connectivity index (χ4n) is 0.768. The number of methoxy groups -OCH3 is 1. The van der Waals surface area contributed by atoms with Crippen molar-refractivity contribution in [1.29, 1.82) is 0 Å². The summed E-state index contributed by atoms with van der Waals surface area (Å²) in [7, 11) is 1.62. The topological polar surface area (TPSA) is 42.4 Å². The lowest BCUT2D eigenvalue weighted by Crippen LogP contribution is -1.80. The van der Waals surface area contributed by atoms with E-state index in [0.29, 0.717) is 12.5 Å². The van der Waals surface area contributed by atoms with Crippen LogP contribution in [0.2, 0.25) is 0 Å². The van der Waals surface area contributed by atoms with E-state index in [9.17, 15) is 0 Å². The number of aliphatic hydroxyl groups is 1. The molecule has 1 aromatic rings. The highest BCUT2D eigenvalue weighted by Crippen LogP contribution is 2.27. The van der Waals surface area contributed by atoms with Gasteiger partial charge in [-0.2, -0.15) is 0 Å². The largest absolute Gasteiger partial charge is 0.495 e. The van der Waals surface area contributed by atoms with E-state index in [0.717, 1.165) is 5.75 Å². The van der Waals surface area contributed by atoms with Crippen molar-refractivity contribution in [3.63, 3.8) is 0 Å². The van der Waals surface area contributed by atoms with Crippen LogP contribution in [0.15, 0.2) is 24.5 Å². The van der Waals surface area contributed by atoms with E-state index in [1.165, 1.54) is 12.8 Å². The Morgan fingerprint density at radius 3 is 2.18 bits per heavy atom. The number of ether oxygens (including phenoxy) is 1. The fourth-order valence-corrected chi connectivity index (χ4v) is 0.768. The summed E-state index contributed by atoms with van der Waals surface area (Å²) in [5.74, 6) is 1.49. The van der Waals surface area contributed by atoms with Crippen molar-refractivity contribution < 1.29 is 9.84 Å². The Morgan fingerprint density at radius 2 is 2.00 bits per heavy atom. The normalized spacial score (nSPS) is 11.4. The van der Waals surface area contributed by atoms with Crippen molar-refractivity contribution >= 4 is 0 Å². The highest BCUT2D eigenvalue weighted by molar-refractivity contribution is 5.14. The van der Waals surface area contributed by atoms with Crippen LogP contribution in [0, 0.1) is 18.8 Å². The van der Waals surface area contributed by atoms with Crippen LogP contribution in [0.1, 0.15) is 26.7 Å². The summed E-state index contributed by atoms with van der Waals surface area (Å²) in [6.07, 6.45) is 13.9. The van der Waals surface area contributed by atoms with Crippen molar-refractivity contribution in [2.75, 3.05) is 13.7 Å². The van der Waals surface area contributed by atoms with Gasteiger partial charge in [0.15, 0.2) is 0 Å². The molecule has 0 spiro atoms. The van der Waals surface area contributed by atoms with Gasteiger partial charge in [-0.05, 0) is 30.9 Å². The number of aliphatic hydroxyl groups excluding tert-OH is 1. The van der Waals surface area contributed by atoms with Gasteiger partial charge in [0, 0.05) is 12.8 Å². The number of nitrogens with zero attached hydrogens (tertiary/aromatic N) is 1. The van der Waals surface area contributed by atoms with E-state index >= 15 is 0 Å². The second-order valence-electron chi connectivity index (χ2n) is 3.02. The number of pyridine rings is 1. The average Bonchev–Trinajstić information content (AvgIpc) is 3.29. The molecule has 96 valence electrons. The summed E-state index contributed by atoms with van der Waals surface area (Å²) in [6, 6.07) is 3.69. The molecule has 1 saturated carbocycles. The number of rotatable bonds is 2. The van der Waals surface area contributed by atoms with Crippen molar-refractivity contribution in [2.45, 2.75) is 26.7 Å². The molecule has 2 rings (SSSR count). The first kappa shape index (κ1) is 17.9. The fraction of sp³-hybridized carbons (Fsp3) is 0.500. The van der Waals surface area contributed by atoms with E-state index in [1.54, 1.807) is 19.5 Å². The van der Waals surface area contributed by atoms with Crippen LogP contribution in [0.5, 0.6) is 5.75 Å². The van der Waals surface area contributed by atoms with E-state index in [4.69, 9.17) is 9.84 Å². The molecule has 3 nitrogen and oxygen atoms in total. The van der Waals surface area contributed by atoms with Gasteiger partial charge >= 0.3 is 0 Å². The molecule has 1 aliphatic carbocycles. The Kier molecular flexibility index (Phi) is 15.2. The van der Waals surface area contributed by atoms with Crippen LogP contribution in [-0.2, 0) is 0 Å². The first-order valence-corrected chi connectivity index (χ1v) is 5.75. The third kappa shape index (κ3) is 12.4. The maximum absolute atomic E-state index is 8.21. The number of hydrogen-bond acceptors (Lipinski definition) is 3. The lowest BCUT2D eigenvalue weighted by atomic mass is 10.5. The summed E-state index contributed by atoms with van der Waals surface area (Å²) in [5.41, 5.74) is 0. The molecule has 3 heteroatoms. The molecule has 0 amide bonds. The SMILES string of the molecule is C#C.CC.COc1cccnc1.OCC1CC1. The monoisotopic (exact) mass is 237 g/mol. The Hall–Kier alpha value is -1.53. The van der Waals surface area contributed by atoms with Gasteiger partial charge in [0.05, 0.1) is 13.3 Å². The molecule has 0 aromatic carbocycles. The molecule has 0 unspecified atom stereocenters. The molecule has 1 N–H and O–H groups in total. The van der Waals surface area contributed by atoms with Gasteiger partial charge in [-0.1, -0.05) is 13.8 Å². The Bertz CT molecular complexity index is 255. The molecule has 1 fully saturated rings. The Morgan fingerprint density at radius 1 is 1.41 bits per heavy atom. The van der Waals surface area contributed by atoms with Crippen LogP contribution >= 0.6 is 0 Å². The molecular formula is C14H23NO2. The maximum Gasteiger partial charge on any atom is 0.137 e. The molecule has 17 heavy (non-hydrogen) atoms. The minimum Gasteiger partial charge on any atom is -0.495 e. The van der Waals surface area contributed by atoms with Crippen LogP contribution in [0.25, 0.3) is 0 Å². The predicted molar refractivity (Wildman–Crippen MR) is 71.8 cm³/mol. The summed E-state index contributed by atoms with van der Waals surface area (Å²) < 4.78 is 4.85. The van der Waals surface area contributed by atoms with Gasteiger partial charge in [-0.15, -0.1) is 12.8 Å². The number of terminal acetylenes is 1. The van der Waals surface area contributed by atoms with Gasteiger partial charge < -0.3 is 9.84 Å². The van der Waals surface area contributed by atoms with Crippen LogP contribution < -0.4 is 4.74 Å². The van der Waals surface area contributed by atoms with Crippen LogP contribution in [-0.4, -0.2) is 23.8 Å². The van der Waals surface area contributed by atoms with Gasteiger partial charge in [0.25, 0.3) is 0 Å². The molecule has 0 bridgehead atoms. The van der Waals surface area contributed by atoms with Gasteiger partial charge in [-0.3, -0.25) is 4.98 Å². The van der Waals surface area contributed by atoms with Crippen LogP contribution in [0.4, 0.5) is 0 Å². The third-order valence-electron chi connectivity index (χ3n) is 1.83. The number of hydrogen-bond donors (Lipinski definition) is 1. The first-order valence-electron chi connectivity index (χ1n) is 5.75. The van der Waals surface area contributed by atoms with E-state index in [1.807, 2.05) is 26.0 Å². The Balaban J connectivity index is 0. The summed E-state index contributed by atoms with van der Waals surface area (Å²) in [6.45, 7) is 4.42. The lowest BCUT2D eigenvalue weighted by Gasteiger charge is -1.93. The molecule has 0 aliphatic heterocycles. The third-order valence-corrected chi connectivity index (χ3v) is 1.83. The zero-order valence-electron chi connectivity index (χ0n) is 11.0. The quantitative estimate of drug-likeness (QED) is 0.804. The second kappa shape index (κ2) is 14.5. The summed E-state index contributed by atoms with van der Waals surface area (Å²) in [4.78, 5) is 3.83. The van der Waals surface area contributed by atoms with Gasteiger partial charge in [0.2, 0.25) is 0 Å². The van der Waals surface area contributed by atoms with E-state index < -0.39 is 0 Å². The van der Waals surface area contributed by atoms with Crippen molar-refractivity contribution in [1.82, 2.24) is 4.98 Å². The molecule has 1 aliphatic rings. The maximum atomic E-state index is 8.21. The van der Waals surface area contributed by atoms with Gasteiger partial charge in [-0.25, -0.2) is 0 Å². The molecule has 0 saturated heterocycles.